The maximum absolute atomic E-state index is 6.21. The van der Waals surface area contributed by atoms with E-state index >= 15 is 0 Å². The van der Waals surface area contributed by atoms with Gasteiger partial charge in [0.1, 0.15) is 3.78 Å². The highest BCUT2D eigenvalue weighted by Gasteiger charge is 2.23. The molecular formula is C12H10BrCl. The minimum absolute atomic E-state index is 0.410. The van der Waals surface area contributed by atoms with Crippen molar-refractivity contribution in [3.05, 3.63) is 54.1 Å². The van der Waals surface area contributed by atoms with Crippen LogP contribution in [0, 0.1) is 0 Å². The fourth-order valence-electron chi connectivity index (χ4n) is 1.53. The summed E-state index contributed by atoms with van der Waals surface area (Å²) in [5.74, 6) is 0. The Morgan fingerprint density at radius 3 is 2.57 bits per heavy atom. The van der Waals surface area contributed by atoms with Gasteiger partial charge in [-0.05, 0) is 11.1 Å². The molecule has 0 N–H and O–H groups in total. The lowest BCUT2D eigenvalue weighted by Crippen LogP contribution is -2.11. The largest absolute Gasteiger partial charge is 0.121 e. The molecule has 72 valence electrons. The van der Waals surface area contributed by atoms with E-state index in [1.165, 1.54) is 11.1 Å². The normalized spacial score (nSPS) is 26.0. The molecule has 0 saturated heterocycles. The standard InChI is InChI=1S/C12H10BrCl/c13-12(14)8-4-7-11(9-12)10-5-2-1-3-6-10/h1-8H,9H2. The Bertz CT molecular complexity index is 377. The quantitative estimate of drug-likeness (QED) is 0.665. The van der Waals surface area contributed by atoms with E-state index in [1.807, 2.05) is 30.4 Å². The molecule has 0 saturated carbocycles. The fraction of sp³-hybridized carbons (Fsp3) is 0.167. The number of allylic oxidation sites excluding steroid dienone is 4. The molecule has 0 radical (unpaired) electrons. The molecule has 0 nitrogen and oxygen atoms in total. The van der Waals surface area contributed by atoms with E-state index < -0.39 is 3.78 Å². The van der Waals surface area contributed by atoms with E-state index in [-0.39, 0.29) is 0 Å². The van der Waals surface area contributed by atoms with Gasteiger partial charge < -0.3 is 0 Å². The first-order chi connectivity index (χ1) is 6.67. The van der Waals surface area contributed by atoms with E-state index in [4.69, 9.17) is 11.6 Å². The van der Waals surface area contributed by atoms with E-state index in [0.717, 1.165) is 6.42 Å². The monoisotopic (exact) mass is 268 g/mol. The fourth-order valence-corrected chi connectivity index (χ4v) is 2.20. The van der Waals surface area contributed by atoms with Gasteiger partial charge in [0.25, 0.3) is 0 Å². The molecule has 0 aliphatic heterocycles. The van der Waals surface area contributed by atoms with Crippen LogP contribution in [0.4, 0.5) is 0 Å². The van der Waals surface area contributed by atoms with Crippen LogP contribution in [0.3, 0.4) is 0 Å². The van der Waals surface area contributed by atoms with Crippen molar-refractivity contribution in [2.45, 2.75) is 10.2 Å². The Labute approximate surface area is 97.4 Å². The Hall–Kier alpha value is -0.530. The lowest BCUT2D eigenvalue weighted by Gasteiger charge is -2.21. The van der Waals surface area contributed by atoms with Gasteiger partial charge in [0, 0.05) is 6.42 Å². The van der Waals surface area contributed by atoms with E-state index in [0.29, 0.717) is 0 Å². The Morgan fingerprint density at radius 1 is 1.21 bits per heavy atom. The maximum Gasteiger partial charge on any atom is 0.121 e. The highest BCUT2D eigenvalue weighted by molar-refractivity contribution is 9.10. The number of benzene rings is 1. The molecule has 1 unspecified atom stereocenters. The van der Waals surface area contributed by atoms with Gasteiger partial charge >= 0.3 is 0 Å². The van der Waals surface area contributed by atoms with Crippen LogP contribution in [-0.2, 0) is 0 Å². The summed E-state index contributed by atoms with van der Waals surface area (Å²) in [5, 5.41) is 0. The number of hydrogen-bond acceptors (Lipinski definition) is 0. The van der Waals surface area contributed by atoms with Gasteiger partial charge in [0.2, 0.25) is 0 Å². The van der Waals surface area contributed by atoms with Crippen LogP contribution in [-0.4, -0.2) is 3.78 Å². The Morgan fingerprint density at radius 2 is 1.93 bits per heavy atom. The second-order valence-electron chi connectivity index (χ2n) is 3.35. The molecule has 14 heavy (non-hydrogen) atoms. The van der Waals surface area contributed by atoms with Crippen molar-refractivity contribution in [2.24, 2.45) is 0 Å². The van der Waals surface area contributed by atoms with Gasteiger partial charge in [-0.3, -0.25) is 0 Å². The highest BCUT2D eigenvalue weighted by atomic mass is 79.9. The average Bonchev–Trinajstić information content (AvgIpc) is 2.18. The predicted octanol–water partition coefficient (Wildman–Crippen LogP) is 4.36. The first-order valence-corrected chi connectivity index (χ1v) is 5.66. The topological polar surface area (TPSA) is 0 Å². The molecule has 0 bridgehead atoms. The third-order valence-electron chi connectivity index (χ3n) is 2.21. The van der Waals surface area contributed by atoms with Gasteiger partial charge in [-0.15, -0.1) is 11.6 Å². The minimum Gasteiger partial charge on any atom is -0.102 e. The van der Waals surface area contributed by atoms with Crippen molar-refractivity contribution in [3.63, 3.8) is 0 Å². The van der Waals surface area contributed by atoms with E-state index in [1.54, 1.807) is 0 Å². The zero-order valence-corrected chi connectivity index (χ0v) is 9.92. The maximum atomic E-state index is 6.21. The molecule has 0 spiro atoms. The second kappa shape index (κ2) is 3.92. The van der Waals surface area contributed by atoms with E-state index in [9.17, 15) is 0 Å². The van der Waals surface area contributed by atoms with Gasteiger partial charge in [-0.1, -0.05) is 64.5 Å². The minimum atomic E-state index is -0.410. The Balaban J connectivity index is 2.30. The molecule has 2 heteroatoms. The molecule has 0 aromatic heterocycles. The van der Waals surface area contributed by atoms with Gasteiger partial charge in [-0.25, -0.2) is 0 Å². The van der Waals surface area contributed by atoms with Crippen LogP contribution in [0.15, 0.2) is 48.6 Å². The summed E-state index contributed by atoms with van der Waals surface area (Å²) < 4.78 is -0.410. The molecule has 2 rings (SSSR count). The Kier molecular flexibility index (Phi) is 2.80. The summed E-state index contributed by atoms with van der Waals surface area (Å²) in [5.41, 5.74) is 2.50. The van der Waals surface area contributed by atoms with Crippen molar-refractivity contribution in [1.82, 2.24) is 0 Å². The van der Waals surface area contributed by atoms with Gasteiger partial charge in [0.15, 0.2) is 0 Å². The predicted molar refractivity (Wildman–Crippen MR) is 65.7 cm³/mol. The summed E-state index contributed by atoms with van der Waals surface area (Å²) in [6.07, 6.45) is 6.88. The lowest BCUT2D eigenvalue weighted by molar-refractivity contribution is 1.01. The van der Waals surface area contributed by atoms with Crippen LogP contribution in [0.5, 0.6) is 0 Å². The van der Waals surface area contributed by atoms with Crippen molar-refractivity contribution in [1.29, 1.82) is 0 Å². The van der Waals surface area contributed by atoms with Gasteiger partial charge in [-0.2, -0.15) is 0 Å². The smallest absolute Gasteiger partial charge is 0.102 e. The summed E-state index contributed by atoms with van der Waals surface area (Å²) in [4.78, 5) is 0. The van der Waals surface area contributed by atoms with Crippen molar-refractivity contribution in [2.75, 3.05) is 0 Å². The number of hydrogen-bond donors (Lipinski definition) is 0. The number of rotatable bonds is 1. The SMILES string of the molecule is ClC1(Br)C=CC=C(c2ccccc2)C1. The van der Waals surface area contributed by atoms with Crippen molar-refractivity contribution >= 4 is 33.1 Å². The van der Waals surface area contributed by atoms with Gasteiger partial charge in [0.05, 0.1) is 0 Å². The highest BCUT2D eigenvalue weighted by Crippen LogP contribution is 2.38. The lowest BCUT2D eigenvalue weighted by atomic mass is 9.97. The van der Waals surface area contributed by atoms with Crippen LogP contribution in [0.25, 0.3) is 5.57 Å². The molecule has 1 aliphatic rings. The summed E-state index contributed by atoms with van der Waals surface area (Å²) in [7, 11) is 0. The molecule has 0 amide bonds. The van der Waals surface area contributed by atoms with Crippen LogP contribution in [0.2, 0.25) is 0 Å². The van der Waals surface area contributed by atoms with Crippen molar-refractivity contribution in [3.8, 4) is 0 Å². The van der Waals surface area contributed by atoms with Crippen molar-refractivity contribution < 1.29 is 0 Å². The zero-order valence-electron chi connectivity index (χ0n) is 7.58. The zero-order chi connectivity index (χ0) is 10.0. The molecule has 1 aromatic rings. The molecule has 0 fully saturated rings. The van der Waals surface area contributed by atoms with E-state index in [2.05, 4.69) is 34.1 Å². The molecule has 1 aliphatic carbocycles. The van der Waals surface area contributed by atoms with Crippen LogP contribution in [0.1, 0.15) is 12.0 Å². The molecule has 1 aromatic carbocycles. The number of alkyl halides is 2. The molecule has 1 atom stereocenters. The summed E-state index contributed by atoms with van der Waals surface area (Å²) >= 11 is 9.67. The third kappa shape index (κ3) is 2.28. The first kappa shape index (κ1) is 10.0. The molecular weight excluding hydrogens is 259 g/mol. The first-order valence-electron chi connectivity index (χ1n) is 4.49. The molecule has 0 heterocycles. The van der Waals surface area contributed by atoms with Crippen LogP contribution < -0.4 is 0 Å². The average molecular weight is 270 g/mol. The summed E-state index contributed by atoms with van der Waals surface area (Å²) in [6.45, 7) is 0. The summed E-state index contributed by atoms with van der Waals surface area (Å²) in [6, 6.07) is 10.3. The number of halogens is 2. The third-order valence-corrected chi connectivity index (χ3v) is 3.01. The van der Waals surface area contributed by atoms with Crippen LogP contribution >= 0.6 is 27.5 Å². The second-order valence-corrected chi connectivity index (χ2v) is 5.90.